The Bertz CT molecular complexity index is 558. The average molecular weight is 261 g/mol. The fourth-order valence-electron chi connectivity index (χ4n) is 2.91. The highest BCUT2D eigenvalue weighted by Crippen LogP contribution is 2.30. The molecule has 1 unspecified atom stereocenters. The first-order chi connectivity index (χ1) is 9.12. The summed E-state index contributed by atoms with van der Waals surface area (Å²) in [6.45, 7) is 6.58. The van der Waals surface area contributed by atoms with Crippen molar-refractivity contribution < 1.29 is 5.11 Å². The highest BCUT2D eigenvalue weighted by atomic mass is 16.3. The number of aliphatic hydroxyl groups excluding tert-OH is 1. The van der Waals surface area contributed by atoms with Crippen molar-refractivity contribution in [2.45, 2.75) is 46.3 Å². The maximum Gasteiger partial charge on any atom is 0.135 e. The number of hydrogen-bond acceptors (Lipinski definition) is 3. The van der Waals surface area contributed by atoms with E-state index in [9.17, 15) is 5.11 Å². The van der Waals surface area contributed by atoms with Crippen molar-refractivity contribution in [2.75, 3.05) is 5.73 Å². The number of nitrogens with two attached hydrogens (primary N) is 1. The molecule has 0 radical (unpaired) electrons. The first kappa shape index (κ1) is 13.9. The molecule has 0 aliphatic rings. The van der Waals surface area contributed by atoms with E-state index in [0.717, 1.165) is 29.7 Å². The van der Waals surface area contributed by atoms with E-state index < -0.39 is 0 Å². The maximum atomic E-state index is 9.55. The number of aliphatic hydroxyl groups is 1. The van der Waals surface area contributed by atoms with Crippen molar-refractivity contribution in [1.82, 2.24) is 9.55 Å². The molecule has 4 nitrogen and oxygen atoms in total. The van der Waals surface area contributed by atoms with Crippen LogP contribution in [0.2, 0.25) is 0 Å². The monoisotopic (exact) mass is 261 g/mol. The second-order valence-corrected chi connectivity index (χ2v) is 5.12. The van der Waals surface area contributed by atoms with Crippen LogP contribution in [0.1, 0.15) is 45.5 Å². The van der Waals surface area contributed by atoms with Gasteiger partial charge in [0.15, 0.2) is 0 Å². The van der Waals surface area contributed by atoms with Gasteiger partial charge in [-0.1, -0.05) is 26.7 Å². The number of nitrogen functional groups attached to an aromatic ring is 1. The lowest BCUT2D eigenvalue weighted by molar-refractivity contribution is 0.250. The molecule has 1 aromatic heterocycles. The summed E-state index contributed by atoms with van der Waals surface area (Å²) in [5.74, 6) is 1.31. The number of fused-ring (bicyclic) bond motifs is 1. The molecule has 0 saturated carbocycles. The third-order valence-corrected chi connectivity index (χ3v) is 4.07. The van der Waals surface area contributed by atoms with Crippen molar-refractivity contribution in [1.29, 1.82) is 0 Å². The molecule has 1 aromatic carbocycles. The molecule has 0 saturated heterocycles. The Labute approximate surface area is 114 Å². The first-order valence-electron chi connectivity index (χ1n) is 6.99. The summed E-state index contributed by atoms with van der Waals surface area (Å²) in [7, 11) is 0. The Hall–Kier alpha value is -1.55. The minimum atomic E-state index is -0.0426. The van der Waals surface area contributed by atoms with Crippen LogP contribution in [0.4, 0.5) is 5.69 Å². The van der Waals surface area contributed by atoms with E-state index in [-0.39, 0.29) is 6.61 Å². The lowest BCUT2D eigenvalue weighted by Crippen LogP contribution is -2.18. The molecule has 0 aliphatic heterocycles. The summed E-state index contributed by atoms with van der Waals surface area (Å²) in [6.07, 6.45) is 2.24. The fourth-order valence-corrected chi connectivity index (χ4v) is 2.91. The smallest absolute Gasteiger partial charge is 0.135 e. The van der Waals surface area contributed by atoms with Crippen LogP contribution in [0, 0.1) is 5.92 Å². The van der Waals surface area contributed by atoms with Gasteiger partial charge in [0, 0.05) is 11.7 Å². The van der Waals surface area contributed by atoms with Gasteiger partial charge in [0.25, 0.3) is 0 Å². The SMILES string of the molecule is CCC(CC)C(C)n1c(CO)nc2cc(N)ccc21. The van der Waals surface area contributed by atoms with Gasteiger partial charge in [0.1, 0.15) is 12.4 Å². The molecule has 104 valence electrons. The molecule has 0 spiro atoms. The van der Waals surface area contributed by atoms with Gasteiger partial charge in [-0.3, -0.25) is 0 Å². The molecule has 0 fully saturated rings. The van der Waals surface area contributed by atoms with Crippen molar-refractivity contribution in [3.63, 3.8) is 0 Å². The Kier molecular flexibility index (Phi) is 4.10. The molecule has 3 N–H and O–H groups in total. The lowest BCUT2D eigenvalue weighted by Gasteiger charge is -2.25. The minimum absolute atomic E-state index is 0.0426. The number of nitrogens with zero attached hydrogens (tertiary/aromatic N) is 2. The van der Waals surface area contributed by atoms with E-state index in [2.05, 4.69) is 30.3 Å². The Morgan fingerprint density at radius 3 is 2.58 bits per heavy atom. The van der Waals surface area contributed by atoms with Crippen molar-refractivity contribution in [3.8, 4) is 0 Å². The predicted molar refractivity (Wildman–Crippen MR) is 78.9 cm³/mol. The van der Waals surface area contributed by atoms with Crippen LogP contribution in [0.3, 0.4) is 0 Å². The van der Waals surface area contributed by atoms with Gasteiger partial charge in [-0.2, -0.15) is 0 Å². The van der Waals surface area contributed by atoms with Crippen molar-refractivity contribution in [3.05, 3.63) is 24.0 Å². The molecule has 2 rings (SSSR count). The third-order valence-electron chi connectivity index (χ3n) is 4.07. The van der Waals surface area contributed by atoms with Crippen LogP contribution in [0.5, 0.6) is 0 Å². The number of benzene rings is 1. The topological polar surface area (TPSA) is 64.1 Å². The van der Waals surface area contributed by atoms with Gasteiger partial charge in [-0.05, 0) is 31.0 Å². The molecule has 19 heavy (non-hydrogen) atoms. The first-order valence-corrected chi connectivity index (χ1v) is 6.99. The van der Waals surface area contributed by atoms with Crippen LogP contribution in [0.25, 0.3) is 11.0 Å². The normalized spacial score (nSPS) is 13.3. The predicted octanol–water partition coefficient (Wildman–Crippen LogP) is 3.11. The Morgan fingerprint density at radius 1 is 1.32 bits per heavy atom. The van der Waals surface area contributed by atoms with Crippen LogP contribution >= 0.6 is 0 Å². The molecule has 0 bridgehead atoms. The molecular weight excluding hydrogens is 238 g/mol. The summed E-state index contributed by atoms with van der Waals surface area (Å²) in [5, 5.41) is 9.55. The second kappa shape index (κ2) is 5.61. The van der Waals surface area contributed by atoms with E-state index in [1.54, 1.807) is 0 Å². The van der Waals surface area contributed by atoms with Crippen molar-refractivity contribution >= 4 is 16.7 Å². The maximum absolute atomic E-state index is 9.55. The van der Waals surface area contributed by atoms with E-state index in [4.69, 9.17) is 5.73 Å². The standard InChI is InChI=1S/C15H23N3O/c1-4-11(5-2)10(3)18-14-7-6-12(16)8-13(14)17-15(18)9-19/h6-8,10-11,19H,4-5,9,16H2,1-3H3. The summed E-state index contributed by atoms with van der Waals surface area (Å²) in [6, 6.07) is 6.08. The van der Waals surface area contributed by atoms with Gasteiger partial charge in [-0.15, -0.1) is 0 Å². The number of imidazole rings is 1. The van der Waals surface area contributed by atoms with Gasteiger partial charge in [-0.25, -0.2) is 4.98 Å². The zero-order chi connectivity index (χ0) is 14.0. The van der Waals surface area contributed by atoms with E-state index >= 15 is 0 Å². The zero-order valence-corrected chi connectivity index (χ0v) is 11.9. The number of aromatic nitrogens is 2. The van der Waals surface area contributed by atoms with Gasteiger partial charge >= 0.3 is 0 Å². The van der Waals surface area contributed by atoms with Gasteiger partial charge in [0.2, 0.25) is 0 Å². The molecule has 0 aliphatic carbocycles. The van der Waals surface area contributed by atoms with Crippen LogP contribution in [-0.2, 0) is 6.61 Å². The second-order valence-electron chi connectivity index (χ2n) is 5.12. The minimum Gasteiger partial charge on any atom is -0.399 e. The number of hydrogen-bond donors (Lipinski definition) is 2. The summed E-state index contributed by atoms with van der Waals surface area (Å²) >= 11 is 0. The van der Waals surface area contributed by atoms with E-state index in [1.807, 2.05) is 18.2 Å². The van der Waals surface area contributed by atoms with Gasteiger partial charge in [0.05, 0.1) is 11.0 Å². The Morgan fingerprint density at radius 2 is 2.00 bits per heavy atom. The molecule has 1 atom stereocenters. The number of anilines is 1. The fraction of sp³-hybridized carbons (Fsp3) is 0.533. The molecule has 0 amide bonds. The van der Waals surface area contributed by atoms with E-state index in [1.165, 1.54) is 0 Å². The third kappa shape index (κ3) is 2.45. The van der Waals surface area contributed by atoms with Crippen LogP contribution < -0.4 is 5.73 Å². The molecule has 1 heterocycles. The van der Waals surface area contributed by atoms with Crippen LogP contribution in [0.15, 0.2) is 18.2 Å². The molecular formula is C15H23N3O. The molecule has 2 aromatic rings. The quantitative estimate of drug-likeness (QED) is 0.813. The summed E-state index contributed by atoms with van der Waals surface area (Å²) in [5.41, 5.74) is 8.42. The van der Waals surface area contributed by atoms with Gasteiger partial charge < -0.3 is 15.4 Å². The van der Waals surface area contributed by atoms with Crippen molar-refractivity contribution in [2.24, 2.45) is 5.92 Å². The van der Waals surface area contributed by atoms with Crippen LogP contribution in [-0.4, -0.2) is 14.7 Å². The highest BCUT2D eigenvalue weighted by molar-refractivity contribution is 5.79. The summed E-state index contributed by atoms with van der Waals surface area (Å²) < 4.78 is 2.16. The average Bonchev–Trinajstić information content (AvgIpc) is 2.77. The highest BCUT2D eigenvalue weighted by Gasteiger charge is 2.21. The number of rotatable bonds is 5. The Balaban J connectivity index is 2.57. The zero-order valence-electron chi connectivity index (χ0n) is 11.9. The largest absolute Gasteiger partial charge is 0.399 e. The lowest BCUT2D eigenvalue weighted by atomic mass is 9.95. The molecule has 4 heteroatoms. The van der Waals surface area contributed by atoms with E-state index in [0.29, 0.717) is 17.6 Å². The summed E-state index contributed by atoms with van der Waals surface area (Å²) in [4.78, 5) is 4.50.